The van der Waals surface area contributed by atoms with E-state index in [1.165, 1.54) is 0 Å². The number of carboxylic acid groups (broad SMARTS) is 1. The molecule has 0 aliphatic carbocycles. The monoisotopic (exact) mass is 190 g/mol. The van der Waals surface area contributed by atoms with Crippen molar-refractivity contribution in [2.45, 2.75) is 0 Å². The minimum absolute atomic E-state index is 0.338. The lowest BCUT2D eigenvalue weighted by Gasteiger charge is -1.96. The third-order valence-corrected chi connectivity index (χ3v) is 2.74. The molecule has 0 saturated heterocycles. The van der Waals surface area contributed by atoms with E-state index < -0.39 is 16.0 Å². The van der Waals surface area contributed by atoms with Gasteiger partial charge in [0.1, 0.15) is 0 Å². The van der Waals surface area contributed by atoms with Gasteiger partial charge in [0.25, 0.3) is 10.0 Å². The van der Waals surface area contributed by atoms with Crippen LogP contribution in [0.2, 0.25) is 0 Å². The topological polar surface area (TPSA) is 110 Å². The Bertz CT molecular complexity index is 378. The summed E-state index contributed by atoms with van der Waals surface area (Å²) in [4.78, 5) is 10.1. The molecule has 0 saturated carbocycles. The van der Waals surface area contributed by atoms with E-state index >= 15 is 0 Å². The summed E-state index contributed by atoms with van der Waals surface area (Å²) in [6.45, 7) is -0.343. The molecule has 66 valence electrons. The maximum absolute atomic E-state index is 10.9. The molecule has 0 amide bonds. The first kappa shape index (κ1) is 8.88. The van der Waals surface area contributed by atoms with Crippen molar-refractivity contribution >= 4 is 22.2 Å². The fraction of sp³-hybridized carbons (Fsp3) is 0.200. The van der Waals surface area contributed by atoms with Gasteiger partial charge in [0.15, 0.2) is 0 Å². The van der Waals surface area contributed by atoms with Crippen molar-refractivity contribution < 1.29 is 18.3 Å². The van der Waals surface area contributed by atoms with Crippen LogP contribution in [-0.2, 0) is 14.8 Å². The van der Waals surface area contributed by atoms with Crippen LogP contribution in [0.25, 0.3) is 0 Å². The molecule has 1 heterocycles. The molecule has 0 aromatic rings. The lowest BCUT2D eigenvalue weighted by molar-refractivity contribution is -0.132. The Morgan fingerprint density at radius 1 is 1.67 bits per heavy atom. The second-order valence-corrected chi connectivity index (χ2v) is 3.71. The molecular formula is C5H6N2O4S. The summed E-state index contributed by atoms with van der Waals surface area (Å²) in [6.07, 6.45) is 0.792. The van der Waals surface area contributed by atoms with Crippen LogP contribution in [0, 0.1) is 0 Å². The number of hydrogen-bond acceptors (Lipinski definition) is 4. The van der Waals surface area contributed by atoms with Gasteiger partial charge in [-0.3, -0.25) is 0 Å². The molecule has 1 rings (SSSR count). The van der Waals surface area contributed by atoms with Crippen molar-refractivity contribution in [2.75, 3.05) is 6.54 Å². The molecule has 7 heteroatoms. The van der Waals surface area contributed by atoms with E-state index in [1.54, 1.807) is 0 Å². The number of carboxylic acids is 1. The fourth-order valence-electron chi connectivity index (χ4n) is 0.786. The molecule has 0 bridgehead atoms. The number of rotatable bonds is 2. The zero-order chi connectivity index (χ0) is 9.35. The predicted octanol–water partition coefficient (Wildman–Crippen LogP) is -1.30. The van der Waals surface area contributed by atoms with E-state index in [0.29, 0.717) is 0 Å². The van der Waals surface area contributed by atoms with E-state index in [0.717, 1.165) is 6.21 Å². The van der Waals surface area contributed by atoms with Gasteiger partial charge < -0.3 is 10.8 Å². The number of carbonyl (C=O) groups is 1. The molecule has 6 nitrogen and oxygen atoms in total. The average Bonchev–Trinajstić information content (AvgIpc) is 2.24. The average molecular weight is 190 g/mol. The second-order valence-electron chi connectivity index (χ2n) is 2.06. The molecule has 3 N–H and O–H groups in total. The van der Waals surface area contributed by atoms with Crippen LogP contribution in [0.3, 0.4) is 0 Å². The van der Waals surface area contributed by atoms with Crippen molar-refractivity contribution in [3.05, 3.63) is 10.5 Å². The maximum atomic E-state index is 10.9. The summed E-state index contributed by atoms with van der Waals surface area (Å²) in [7, 11) is -3.79. The summed E-state index contributed by atoms with van der Waals surface area (Å²) in [5, 5.41) is 8.48. The van der Waals surface area contributed by atoms with Gasteiger partial charge in [-0.25, -0.2) is 4.79 Å². The Balaban J connectivity index is 3.31. The summed E-state index contributed by atoms with van der Waals surface area (Å²) in [5.74, 6) is -1.33. The number of aliphatic carboxylic acids is 1. The lowest BCUT2D eigenvalue weighted by atomic mass is 10.3. The van der Waals surface area contributed by atoms with Gasteiger partial charge in [-0.05, 0) is 0 Å². The Hall–Kier alpha value is -1.21. The highest BCUT2D eigenvalue weighted by Gasteiger charge is 2.28. The summed E-state index contributed by atoms with van der Waals surface area (Å²) < 4.78 is 24.9. The Morgan fingerprint density at radius 3 is 2.58 bits per heavy atom. The highest BCUT2D eigenvalue weighted by atomic mass is 32.2. The molecule has 0 aromatic heterocycles. The molecule has 1 aliphatic heterocycles. The highest BCUT2D eigenvalue weighted by molar-refractivity contribution is 7.94. The molecule has 0 spiro atoms. The van der Waals surface area contributed by atoms with E-state index in [-0.39, 0.29) is 17.0 Å². The van der Waals surface area contributed by atoms with Crippen LogP contribution in [0.4, 0.5) is 0 Å². The van der Waals surface area contributed by atoms with Gasteiger partial charge >= 0.3 is 5.97 Å². The van der Waals surface area contributed by atoms with E-state index in [2.05, 4.69) is 4.40 Å². The van der Waals surface area contributed by atoms with Gasteiger partial charge in [0.2, 0.25) is 0 Å². The van der Waals surface area contributed by atoms with Crippen LogP contribution in [0.1, 0.15) is 0 Å². The van der Waals surface area contributed by atoms with Crippen molar-refractivity contribution in [1.82, 2.24) is 0 Å². The Kier molecular flexibility index (Phi) is 1.99. The van der Waals surface area contributed by atoms with Gasteiger partial charge in [0.05, 0.1) is 16.7 Å². The quantitative estimate of drug-likeness (QED) is 0.562. The number of nitrogens with two attached hydrogens (primary N) is 1. The van der Waals surface area contributed by atoms with Crippen molar-refractivity contribution in [1.29, 1.82) is 0 Å². The molecule has 0 atom stereocenters. The SMILES string of the molecule is NCC1=C(C(=O)O)C=NS1(=O)=O. The van der Waals surface area contributed by atoms with Crippen molar-refractivity contribution in [2.24, 2.45) is 10.1 Å². The highest BCUT2D eigenvalue weighted by Crippen LogP contribution is 2.18. The van der Waals surface area contributed by atoms with Crippen LogP contribution < -0.4 is 5.73 Å². The van der Waals surface area contributed by atoms with Gasteiger partial charge in [-0.1, -0.05) is 0 Å². The maximum Gasteiger partial charge on any atom is 0.338 e. The van der Waals surface area contributed by atoms with Crippen LogP contribution >= 0.6 is 0 Å². The van der Waals surface area contributed by atoms with Crippen molar-refractivity contribution in [3.63, 3.8) is 0 Å². The van der Waals surface area contributed by atoms with Gasteiger partial charge in [-0.2, -0.15) is 12.8 Å². The number of sulfonamides is 1. The van der Waals surface area contributed by atoms with E-state index in [1.807, 2.05) is 0 Å². The Morgan fingerprint density at radius 2 is 2.25 bits per heavy atom. The normalized spacial score (nSPS) is 20.1. The zero-order valence-electron chi connectivity index (χ0n) is 5.89. The molecule has 0 aromatic carbocycles. The Labute approximate surface area is 68.5 Å². The third kappa shape index (κ3) is 1.23. The fourth-order valence-corrected chi connectivity index (χ4v) is 1.79. The van der Waals surface area contributed by atoms with Gasteiger partial charge in [-0.15, -0.1) is 0 Å². The van der Waals surface area contributed by atoms with Crippen molar-refractivity contribution in [3.8, 4) is 0 Å². The molecule has 1 aliphatic rings. The van der Waals surface area contributed by atoms with Crippen LogP contribution in [0.15, 0.2) is 14.9 Å². The number of hydrogen-bond donors (Lipinski definition) is 2. The van der Waals surface area contributed by atoms with E-state index in [9.17, 15) is 13.2 Å². The largest absolute Gasteiger partial charge is 0.478 e. The summed E-state index contributed by atoms with van der Waals surface area (Å²) in [5.41, 5.74) is 4.71. The number of nitrogens with zero attached hydrogens (tertiary/aromatic N) is 1. The summed E-state index contributed by atoms with van der Waals surface area (Å²) in [6, 6.07) is 0. The first-order valence-corrected chi connectivity index (χ1v) is 4.40. The minimum Gasteiger partial charge on any atom is -0.478 e. The molecule has 0 fully saturated rings. The third-order valence-electron chi connectivity index (χ3n) is 1.35. The molecule has 0 radical (unpaired) electrons. The minimum atomic E-state index is -3.79. The van der Waals surface area contributed by atoms with Crippen LogP contribution in [0.5, 0.6) is 0 Å². The zero-order valence-corrected chi connectivity index (χ0v) is 6.71. The van der Waals surface area contributed by atoms with Gasteiger partial charge in [0, 0.05) is 6.54 Å². The van der Waals surface area contributed by atoms with E-state index in [4.69, 9.17) is 10.8 Å². The summed E-state index contributed by atoms with van der Waals surface area (Å²) >= 11 is 0. The molecular weight excluding hydrogens is 184 g/mol. The standard InChI is InChI=1S/C5H6N2O4S/c6-1-4-3(5(8)9)2-7-12(4,10)11/h2H,1,6H2,(H,8,9). The lowest BCUT2D eigenvalue weighted by Crippen LogP contribution is -2.13. The predicted molar refractivity (Wildman–Crippen MR) is 41.1 cm³/mol. The second kappa shape index (κ2) is 2.68. The first-order valence-electron chi connectivity index (χ1n) is 2.96. The smallest absolute Gasteiger partial charge is 0.338 e. The first-order chi connectivity index (χ1) is 5.49. The van der Waals surface area contributed by atoms with Crippen LogP contribution in [-0.4, -0.2) is 32.3 Å². The molecule has 0 unspecified atom stereocenters. The molecule has 12 heavy (non-hydrogen) atoms.